The van der Waals surface area contributed by atoms with Crippen molar-refractivity contribution in [2.45, 2.75) is 31.7 Å². The number of ether oxygens (including phenoxy) is 1. The second-order valence-electron chi connectivity index (χ2n) is 8.81. The van der Waals surface area contributed by atoms with E-state index in [1.54, 1.807) is 24.3 Å². The van der Waals surface area contributed by atoms with Crippen molar-refractivity contribution in [3.05, 3.63) is 125 Å². The van der Waals surface area contributed by atoms with Crippen molar-refractivity contribution < 1.29 is 18.6 Å². The quantitative estimate of drug-likeness (QED) is 0.320. The van der Waals surface area contributed by atoms with Gasteiger partial charge in [0.05, 0.1) is 18.3 Å². The second-order valence-corrected chi connectivity index (χ2v) is 8.81. The first-order chi connectivity index (χ1) is 18.3. The molecule has 3 aromatic carbocycles. The van der Waals surface area contributed by atoms with Gasteiger partial charge in [0.1, 0.15) is 48.6 Å². The Morgan fingerprint density at radius 3 is 2.45 bits per heavy atom. The molecule has 0 amide bonds. The summed E-state index contributed by atoms with van der Waals surface area (Å²) in [5.74, 6) is -1.13. The van der Waals surface area contributed by atoms with E-state index in [1.807, 2.05) is 30.3 Å². The van der Waals surface area contributed by atoms with Gasteiger partial charge in [0, 0.05) is 11.6 Å². The standard InChI is InChI=1S/C27H24F2N6O3/c1-19(27(37,15-33-17-30-16-31-33)24-12-7-21(28)13-25(24)29)35-26(36)34(18-32-35)22-8-10-23(11-9-22)38-14-20-5-3-2-4-6-20/h2-13,16-19,37H,14-15H2,1H3. The van der Waals surface area contributed by atoms with Crippen LogP contribution < -0.4 is 10.4 Å². The number of benzene rings is 3. The summed E-state index contributed by atoms with van der Waals surface area (Å²) in [6.45, 7) is 1.67. The summed E-state index contributed by atoms with van der Waals surface area (Å²) in [5.41, 5.74) is -1.24. The Labute approximate surface area is 216 Å². The minimum Gasteiger partial charge on any atom is -0.489 e. The molecule has 0 aliphatic carbocycles. The number of hydrogen-bond donors (Lipinski definition) is 1. The van der Waals surface area contributed by atoms with Crippen LogP contribution in [0.25, 0.3) is 5.69 Å². The van der Waals surface area contributed by atoms with Crippen LogP contribution in [0.15, 0.2) is 96.6 Å². The van der Waals surface area contributed by atoms with E-state index < -0.39 is 29.0 Å². The van der Waals surface area contributed by atoms with Crippen LogP contribution in [0.1, 0.15) is 24.1 Å². The highest BCUT2D eigenvalue weighted by Crippen LogP contribution is 2.35. The molecule has 5 aromatic rings. The highest BCUT2D eigenvalue weighted by molar-refractivity contribution is 5.37. The molecule has 1 N–H and O–H groups in total. The second kappa shape index (κ2) is 10.4. The van der Waals surface area contributed by atoms with Crippen molar-refractivity contribution in [2.75, 3.05) is 0 Å². The third-order valence-corrected chi connectivity index (χ3v) is 6.38. The fourth-order valence-corrected chi connectivity index (χ4v) is 4.25. The average Bonchev–Trinajstić information content (AvgIpc) is 3.57. The van der Waals surface area contributed by atoms with E-state index in [4.69, 9.17) is 4.74 Å². The molecule has 0 bridgehead atoms. The zero-order valence-corrected chi connectivity index (χ0v) is 20.4. The predicted molar refractivity (Wildman–Crippen MR) is 134 cm³/mol. The predicted octanol–water partition coefficient (Wildman–Crippen LogP) is 3.63. The summed E-state index contributed by atoms with van der Waals surface area (Å²) in [6, 6.07) is 18.4. The molecular formula is C27H24F2N6O3. The van der Waals surface area contributed by atoms with Crippen LogP contribution in [0.4, 0.5) is 8.78 Å². The Kier molecular flexibility index (Phi) is 6.84. The van der Waals surface area contributed by atoms with Gasteiger partial charge >= 0.3 is 5.69 Å². The third-order valence-electron chi connectivity index (χ3n) is 6.38. The molecule has 2 unspecified atom stereocenters. The van der Waals surface area contributed by atoms with Crippen molar-refractivity contribution in [2.24, 2.45) is 0 Å². The summed E-state index contributed by atoms with van der Waals surface area (Å²) >= 11 is 0. The maximum atomic E-state index is 14.9. The lowest BCUT2D eigenvalue weighted by Crippen LogP contribution is -2.44. The molecule has 11 heteroatoms. The van der Waals surface area contributed by atoms with E-state index in [2.05, 4.69) is 15.2 Å². The first kappa shape index (κ1) is 25.0. The zero-order chi connectivity index (χ0) is 26.7. The number of halogens is 2. The van der Waals surface area contributed by atoms with Crippen molar-refractivity contribution in [1.29, 1.82) is 0 Å². The molecule has 0 saturated carbocycles. The Bertz CT molecular complexity index is 1570. The van der Waals surface area contributed by atoms with Gasteiger partial charge in [-0.2, -0.15) is 10.2 Å². The van der Waals surface area contributed by atoms with Gasteiger partial charge in [0.2, 0.25) is 0 Å². The maximum absolute atomic E-state index is 14.9. The Morgan fingerprint density at radius 2 is 1.76 bits per heavy atom. The van der Waals surface area contributed by atoms with Gasteiger partial charge in [0.15, 0.2) is 0 Å². The molecule has 5 rings (SSSR count). The molecular weight excluding hydrogens is 494 g/mol. The summed E-state index contributed by atoms with van der Waals surface area (Å²) in [7, 11) is 0. The fraction of sp³-hybridized carbons (Fsp3) is 0.185. The van der Waals surface area contributed by atoms with Crippen LogP contribution in [0, 0.1) is 11.6 Å². The summed E-state index contributed by atoms with van der Waals surface area (Å²) in [4.78, 5) is 17.2. The van der Waals surface area contributed by atoms with Gasteiger partial charge in [0.25, 0.3) is 0 Å². The molecule has 2 atom stereocenters. The van der Waals surface area contributed by atoms with E-state index in [9.17, 15) is 18.7 Å². The highest BCUT2D eigenvalue weighted by Gasteiger charge is 2.41. The van der Waals surface area contributed by atoms with Gasteiger partial charge in [-0.15, -0.1) is 0 Å². The lowest BCUT2D eigenvalue weighted by atomic mass is 9.86. The van der Waals surface area contributed by atoms with Crippen molar-refractivity contribution in [1.82, 2.24) is 29.1 Å². The molecule has 9 nitrogen and oxygen atoms in total. The van der Waals surface area contributed by atoms with Gasteiger partial charge in [-0.05, 0) is 42.8 Å². The summed E-state index contributed by atoms with van der Waals surface area (Å²) < 4.78 is 37.9. The lowest BCUT2D eigenvalue weighted by Gasteiger charge is -2.34. The van der Waals surface area contributed by atoms with E-state index in [1.165, 1.54) is 35.2 Å². The summed E-state index contributed by atoms with van der Waals surface area (Å²) in [5, 5.41) is 19.9. The Morgan fingerprint density at radius 1 is 1.00 bits per heavy atom. The normalized spacial score (nSPS) is 13.7. The van der Waals surface area contributed by atoms with E-state index >= 15 is 0 Å². The lowest BCUT2D eigenvalue weighted by molar-refractivity contribution is -0.0381. The molecule has 0 spiro atoms. The van der Waals surface area contributed by atoms with E-state index in [0.29, 0.717) is 24.1 Å². The monoisotopic (exact) mass is 518 g/mol. The number of nitrogens with zero attached hydrogens (tertiary/aromatic N) is 6. The largest absolute Gasteiger partial charge is 0.489 e. The van der Waals surface area contributed by atoms with Crippen LogP contribution in [0.2, 0.25) is 0 Å². The van der Waals surface area contributed by atoms with Crippen LogP contribution in [-0.2, 0) is 18.8 Å². The Balaban J connectivity index is 1.43. The van der Waals surface area contributed by atoms with Crippen LogP contribution in [-0.4, -0.2) is 34.2 Å². The number of aliphatic hydroxyl groups is 1. The van der Waals surface area contributed by atoms with Crippen molar-refractivity contribution >= 4 is 0 Å². The molecule has 0 aliphatic heterocycles. The van der Waals surface area contributed by atoms with Gasteiger partial charge < -0.3 is 9.84 Å². The minimum absolute atomic E-state index is 0.205. The van der Waals surface area contributed by atoms with Gasteiger partial charge in [-0.1, -0.05) is 36.4 Å². The van der Waals surface area contributed by atoms with Gasteiger partial charge in [-0.25, -0.2) is 32.5 Å². The van der Waals surface area contributed by atoms with Crippen molar-refractivity contribution in [3.63, 3.8) is 0 Å². The molecule has 2 aromatic heterocycles. The zero-order valence-electron chi connectivity index (χ0n) is 20.4. The van der Waals surface area contributed by atoms with Crippen LogP contribution >= 0.6 is 0 Å². The minimum atomic E-state index is -2.02. The third kappa shape index (κ3) is 4.96. The molecule has 0 radical (unpaired) electrons. The van der Waals surface area contributed by atoms with Gasteiger partial charge in [-0.3, -0.25) is 0 Å². The molecule has 2 heterocycles. The fourth-order valence-electron chi connectivity index (χ4n) is 4.25. The molecule has 38 heavy (non-hydrogen) atoms. The molecule has 0 saturated heterocycles. The topological polar surface area (TPSA) is 100.0 Å². The molecule has 194 valence electrons. The van der Waals surface area contributed by atoms with E-state index in [-0.39, 0.29) is 12.1 Å². The smallest absolute Gasteiger partial charge is 0.350 e. The first-order valence-electron chi connectivity index (χ1n) is 11.8. The highest BCUT2D eigenvalue weighted by atomic mass is 19.1. The Hall–Kier alpha value is -4.64. The molecule has 0 aliphatic rings. The first-order valence-corrected chi connectivity index (χ1v) is 11.8. The van der Waals surface area contributed by atoms with Crippen LogP contribution in [0.5, 0.6) is 5.75 Å². The average molecular weight is 519 g/mol. The number of hydrogen-bond acceptors (Lipinski definition) is 6. The SMILES string of the molecule is CC(n1ncn(-c2ccc(OCc3ccccc3)cc2)c1=O)C(O)(Cn1cncn1)c1ccc(F)cc1F. The molecule has 0 fully saturated rings. The number of rotatable bonds is 9. The van der Waals surface area contributed by atoms with Crippen LogP contribution in [0.3, 0.4) is 0 Å². The number of aromatic nitrogens is 6. The maximum Gasteiger partial charge on any atom is 0.350 e. The summed E-state index contributed by atoms with van der Waals surface area (Å²) in [6.07, 6.45) is 3.93. The van der Waals surface area contributed by atoms with Crippen molar-refractivity contribution in [3.8, 4) is 11.4 Å². The van der Waals surface area contributed by atoms with E-state index in [0.717, 1.165) is 22.4 Å².